The smallest absolute Gasteiger partial charge is 0.241 e. The molecule has 0 atom stereocenters. The van der Waals surface area contributed by atoms with Gasteiger partial charge < -0.3 is 4.74 Å². The molecule has 0 radical (unpaired) electrons. The molecule has 0 amide bonds. The molecule has 15 heavy (non-hydrogen) atoms. The molecule has 0 spiro atoms. The summed E-state index contributed by atoms with van der Waals surface area (Å²) in [5, 5.41) is 2.75. The molecule has 0 aliphatic carbocycles. The summed E-state index contributed by atoms with van der Waals surface area (Å²) in [5.41, 5.74) is 2.38. The minimum absolute atomic E-state index is 0.173. The molecule has 0 unspecified atom stereocenters. The Balaban J connectivity index is 2.49. The van der Waals surface area contributed by atoms with Crippen molar-refractivity contribution in [1.82, 2.24) is 9.97 Å². The van der Waals surface area contributed by atoms with E-state index in [1.807, 2.05) is 11.4 Å². The molecule has 6 heteroatoms. The summed E-state index contributed by atoms with van der Waals surface area (Å²) >= 11 is 1.49. The van der Waals surface area contributed by atoms with Crippen LogP contribution in [0.3, 0.4) is 0 Å². The van der Waals surface area contributed by atoms with Gasteiger partial charge in [-0.3, -0.25) is 5.43 Å². The first-order valence-electron chi connectivity index (χ1n) is 4.13. The average Bonchev–Trinajstić information content (AvgIpc) is 2.73. The number of ether oxygens (including phenoxy) is 1. The zero-order valence-corrected chi connectivity index (χ0v) is 8.54. The first kappa shape index (κ1) is 9.71. The van der Waals surface area contributed by atoms with Crippen LogP contribution in [0.2, 0.25) is 0 Å². The van der Waals surface area contributed by atoms with Gasteiger partial charge in [0.2, 0.25) is 11.8 Å². The van der Waals surface area contributed by atoms with E-state index in [-0.39, 0.29) is 6.61 Å². The van der Waals surface area contributed by atoms with Gasteiger partial charge in [-0.05, 0) is 11.4 Å². The molecule has 2 aromatic rings. The number of nitrogens with one attached hydrogen (secondary N) is 1. The highest BCUT2D eigenvalue weighted by molar-refractivity contribution is 7.16. The van der Waals surface area contributed by atoms with E-state index >= 15 is 0 Å². The van der Waals surface area contributed by atoms with Gasteiger partial charge in [-0.1, -0.05) is 5.92 Å². The minimum Gasteiger partial charge on any atom is -0.464 e. The van der Waals surface area contributed by atoms with Crippen molar-refractivity contribution >= 4 is 27.5 Å². The lowest BCUT2D eigenvalue weighted by Gasteiger charge is -2.04. The number of hydrogen-bond donors (Lipinski definition) is 2. The first-order valence-corrected chi connectivity index (χ1v) is 5.01. The van der Waals surface area contributed by atoms with E-state index in [0.717, 1.165) is 10.2 Å². The number of hydrogen-bond acceptors (Lipinski definition) is 6. The monoisotopic (exact) mass is 220 g/mol. The van der Waals surface area contributed by atoms with Crippen molar-refractivity contribution in [3.05, 3.63) is 11.4 Å². The van der Waals surface area contributed by atoms with Crippen LogP contribution < -0.4 is 16.0 Å². The Morgan fingerprint density at radius 1 is 1.60 bits per heavy atom. The van der Waals surface area contributed by atoms with Crippen LogP contribution >= 0.6 is 11.3 Å². The number of terminal acetylenes is 1. The topological polar surface area (TPSA) is 73.1 Å². The van der Waals surface area contributed by atoms with Crippen LogP contribution in [0.15, 0.2) is 11.4 Å². The van der Waals surface area contributed by atoms with Crippen molar-refractivity contribution < 1.29 is 4.74 Å². The van der Waals surface area contributed by atoms with E-state index in [0.29, 0.717) is 11.8 Å². The molecule has 0 aromatic carbocycles. The number of hydrazine groups is 1. The van der Waals surface area contributed by atoms with Gasteiger partial charge in [-0.25, -0.2) is 10.8 Å². The fourth-order valence-electron chi connectivity index (χ4n) is 1.11. The van der Waals surface area contributed by atoms with Gasteiger partial charge in [0, 0.05) is 0 Å². The molecule has 0 aliphatic rings. The zero-order chi connectivity index (χ0) is 10.7. The maximum Gasteiger partial charge on any atom is 0.241 e. The average molecular weight is 220 g/mol. The van der Waals surface area contributed by atoms with Gasteiger partial charge in [0.15, 0.2) is 6.61 Å². The normalized spacial score (nSPS) is 9.87. The standard InChI is InChI=1S/C9H8N4OS/c1-2-4-14-7-6-3-5-15-8(6)12-9(11-7)13-10/h1,3,5H,4,10H2,(H,11,12,13). The lowest BCUT2D eigenvalue weighted by Crippen LogP contribution is -2.11. The van der Waals surface area contributed by atoms with E-state index in [9.17, 15) is 0 Å². The summed E-state index contributed by atoms with van der Waals surface area (Å²) in [5.74, 6) is 8.39. The van der Waals surface area contributed by atoms with Crippen LogP contribution in [0.5, 0.6) is 5.88 Å². The summed E-state index contributed by atoms with van der Waals surface area (Å²) < 4.78 is 5.29. The van der Waals surface area contributed by atoms with E-state index in [4.69, 9.17) is 17.0 Å². The lowest BCUT2D eigenvalue weighted by atomic mass is 10.4. The maximum atomic E-state index is 5.29. The van der Waals surface area contributed by atoms with Crippen molar-refractivity contribution in [2.75, 3.05) is 12.0 Å². The predicted octanol–water partition coefficient (Wildman–Crippen LogP) is 0.989. The molecule has 76 valence electrons. The van der Waals surface area contributed by atoms with Crippen molar-refractivity contribution in [3.8, 4) is 18.2 Å². The molecule has 2 heterocycles. The van der Waals surface area contributed by atoms with Crippen molar-refractivity contribution in [1.29, 1.82) is 0 Å². The second-order valence-corrected chi connectivity index (χ2v) is 3.52. The molecule has 0 aliphatic heterocycles. The maximum absolute atomic E-state index is 5.29. The summed E-state index contributed by atoms with van der Waals surface area (Å²) in [4.78, 5) is 9.04. The van der Waals surface area contributed by atoms with Gasteiger partial charge in [-0.2, -0.15) is 4.98 Å². The number of aromatic nitrogens is 2. The third-order valence-corrected chi connectivity index (χ3v) is 2.52. The lowest BCUT2D eigenvalue weighted by molar-refractivity contribution is 0.360. The van der Waals surface area contributed by atoms with Crippen molar-refractivity contribution in [2.24, 2.45) is 5.84 Å². The van der Waals surface area contributed by atoms with Gasteiger partial charge in [0.25, 0.3) is 0 Å². The minimum atomic E-state index is 0.173. The Hall–Kier alpha value is -1.84. The fourth-order valence-corrected chi connectivity index (χ4v) is 1.87. The molecular formula is C9H8N4OS. The van der Waals surface area contributed by atoms with Gasteiger partial charge in [0.05, 0.1) is 5.39 Å². The second-order valence-electron chi connectivity index (χ2n) is 2.63. The molecule has 0 saturated carbocycles. The Morgan fingerprint density at radius 2 is 2.47 bits per heavy atom. The van der Waals surface area contributed by atoms with Gasteiger partial charge in [-0.15, -0.1) is 17.8 Å². The molecule has 3 N–H and O–H groups in total. The number of nitrogens with zero attached hydrogens (tertiary/aromatic N) is 2. The third kappa shape index (κ3) is 1.83. The van der Waals surface area contributed by atoms with Gasteiger partial charge in [0.1, 0.15) is 4.83 Å². The highest BCUT2D eigenvalue weighted by Crippen LogP contribution is 2.27. The van der Waals surface area contributed by atoms with Crippen LogP contribution in [0, 0.1) is 12.3 Å². The number of rotatable bonds is 3. The number of nitrogen functional groups attached to an aromatic ring is 1. The molecule has 0 saturated heterocycles. The largest absolute Gasteiger partial charge is 0.464 e. The molecule has 0 fully saturated rings. The van der Waals surface area contributed by atoms with Crippen LogP contribution in [-0.2, 0) is 0 Å². The molecule has 2 aromatic heterocycles. The number of anilines is 1. The SMILES string of the molecule is C#CCOc1nc(NN)nc2sccc12. The summed E-state index contributed by atoms with van der Waals surface area (Å²) in [6.45, 7) is 0.173. The van der Waals surface area contributed by atoms with Crippen LogP contribution in [0.4, 0.5) is 5.95 Å². The van der Waals surface area contributed by atoms with Crippen LogP contribution in [0.25, 0.3) is 10.2 Å². The second kappa shape index (κ2) is 4.13. The Labute approximate surface area is 90.3 Å². The highest BCUT2D eigenvalue weighted by Gasteiger charge is 2.08. The number of thiophene rings is 1. The van der Waals surface area contributed by atoms with E-state index in [1.54, 1.807) is 0 Å². The number of nitrogens with two attached hydrogens (primary N) is 1. The van der Waals surface area contributed by atoms with Gasteiger partial charge >= 0.3 is 0 Å². The van der Waals surface area contributed by atoms with Crippen molar-refractivity contribution in [2.45, 2.75) is 0 Å². The fraction of sp³-hybridized carbons (Fsp3) is 0.111. The van der Waals surface area contributed by atoms with E-state index in [1.165, 1.54) is 11.3 Å². The first-order chi connectivity index (χ1) is 7.35. The molecule has 2 rings (SSSR count). The van der Waals surface area contributed by atoms with E-state index < -0.39 is 0 Å². The molecule has 5 nitrogen and oxygen atoms in total. The zero-order valence-electron chi connectivity index (χ0n) is 7.73. The Kier molecular flexibility index (Phi) is 2.67. The third-order valence-electron chi connectivity index (χ3n) is 1.71. The quantitative estimate of drug-likeness (QED) is 0.458. The summed E-state index contributed by atoms with van der Waals surface area (Å²) in [6, 6.07) is 1.88. The molecule has 0 bridgehead atoms. The van der Waals surface area contributed by atoms with Crippen LogP contribution in [-0.4, -0.2) is 16.6 Å². The number of fused-ring (bicyclic) bond motifs is 1. The van der Waals surface area contributed by atoms with E-state index in [2.05, 4.69) is 21.3 Å². The van der Waals surface area contributed by atoms with Crippen molar-refractivity contribution in [3.63, 3.8) is 0 Å². The van der Waals surface area contributed by atoms with Crippen LogP contribution in [0.1, 0.15) is 0 Å². The predicted molar refractivity (Wildman–Crippen MR) is 59.6 cm³/mol. The molecular weight excluding hydrogens is 212 g/mol. The summed E-state index contributed by atoms with van der Waals surface area (Å²) in [6.07, 6.45) is 5.11. The highest BCUT2D eigenvalue weighted by atomic mass is 32.1. The Bertz CT molecular complexity index is 516. The Morgan fingerprint density at radius 3 is 3.20 bits per heavy atom. The summed E-state index contributed by atoms with van der Waals surface area (Å²) in [7, 11) is 0.